The molecule has 5 unspecified atom stereocenters. The van der Waals surface area contributed by atoms with Gasteiger partial charge in [-0.2, -0.15) is 0 Å². The molecule has 0 bridgehead atoms. The third kappa shape index (κ3) is 7.31. The van der Waals surface area contributed by atoms with Gasteiger partial charge in [-0.25, -0.2) is 0 Å². The van der Waals surface area contributed by atoms with Crippen LogP contribution in [0.5, 0.6) is 0 Å². The van der Waals surface area contributed by atoms with Crippen molar-refractivity contribution in [3.63, 3.8) is 0 Å². The molecule has 1 rings (SSSR count). The smallest absolute Gasteiger partial charge is 0.123 e. The van der Waals surface area contributed by atoms with Crippen molar-refractivity contribution in [3.8, 4) is 0 Å². The molecule has 8 nitrogen and oxygen atoms in total. The minimum Gasteiger partial charge on any atom is -0.670 e. The standard InChI is InChI=1S/C6H11N4O4.3Ac/c7-3-5(13)4(12)2(1-11)14-6(3)9-10-8;;;/h2-7,11-13H,1H2;;;/q-1;;;. The van der Waals surface area contributed by atoms with Crippen LogP contribution in [0, 0.1) is 132 Å². The number of nitrogens with one attached hydrogen (secondary N) is 1. The maximum Gasteiger partial charge on any atom is 0.123 e. The summed E-state index contributed by atoms with van der Waals surface area (Å²) in [6.07, 6.45) is -4.94. The average Bonchev–Trinajstić information content (AvgIpc) is 2.19. The topological polar surface area (TPSA) is 142 Å². The molecule has 0 aliphatic carbocycles. The number of aliphatic hydroxyl groups is 3. The summed E-state index contributed by atoms with van der Waals surface area (Å²) in [5.41, 5.74) is 15.5. The van der Waals surface area contributed by atoms with Crippen molar-refractivity contribution in [2.45, 2.75) is 30.6 Å². The Morgan fingerprint density at radius 1 is 1.24 bits per heavy atom. The normalized spacial score (nSPS) is 35.4. The Hall–Kier alpha value is 3.43. The van der Waals surface area contributed by atoms with Crippen LogP contribution in [-0.4, -0.2) is 52.5 Å². The summed E-state index contributed by atoms with van der Waals surface area (Å²) in [5.74, 6) is 0. The molecular weight excluding hydrogens is 873 g/mol. The molecule has 1 fully saturated rings. The maximum atomic E-state index is 9.33. The third-order valence-electron chi connectivity index (χ3n) is 2.07. The Bertz CT molecular complexity index is 253. The SMILES string of the molecule is [Ac].[Ac].[Ac].[N-]=[N+]=NC1OC(CO)C(O)C(O)C1[NH-]. The van der Waals surface area contributed by atoms with Gasteiger partial charge in [-0.3, -0.25) is 0 Å². The molecule has 4 N–H and O–H groups in total. The first-order valence-electron chi connectivity index (χ1n) is 3.99. The molecule has 0 amide bonds. The van der Waals surface area contributed by atoms with Gasteiger partial charge in [0.05, 0.1) is 12.7 Å². The van der Waals surface area contributed by atoms with Crippen LogP contribution in [0.3, 0.4) is 0 Å². The molecule has 1 saturated heterocycles. The van der Waals surface area contributed by atoms with E-state index in [0.717, 1.165) is 0 Å². The summed E-state index contributed by atoms with van der Waals surface area (Å²) >= 11 is 0. The minimum absolute atomic E-state index is 0. The molecule has 0 spiro atoms. The van der Waals surface area contributed by atoms with Gasteiger partial charge >= 0.3 is 0 Å². The van der Waals surface area contributed by atoms with E-state index in [4.69, 9.17) is 21.1 Å². The summed E-state index contributed by atoms with van der Waals surface area (Å²) in [7, 11) is 0. The molecule has 1 aliphatic heterocycles. The van der Waals surface area contributed by atoms with Crippen LogP contribution in [0.4, 0.5) is 0 Å². The number of aliphatic hydroxyl groups excluding tert-OH is 3. The van der Waals surface area contributed by atoms with E-state index in [9.17, 15) is 10.2 Å². The zero-order chi connectivity index (χ0) is 10.7. The second-order valence-electron chi connectivity index (χ2n) is 2.96. The number of hydrogen-bond acceptors (Lipinski definition) is 5. The van der Waals surface area contributed by atoms with Gasteiger partial charge in [0, 0.05) is 137 Å². The maximum absolute atomic E-state index is 9.33. The fourth-order valence-corrected chi connectivity index (χ4v) is 1.25. The van der Waals surface area contributed by atoms with Crippen molar-refractivity contribution < 1.29 is 152 Å². The summed E-state index contributed by atoms with van der Waals surface area (Å²) in [5, 5.41) is 30.5. The third-order valence-corrected chi connectivity index (χ3v) is 2.07. The van der Waals surface area contributed by atoms with Crippen LogP contribution in [0.15, 0.2) is 5.11 Å². The van der Waals surface area contributed by atoms with Gasteiger partial charge in [-0.05, 0) is 5.53 Å². The quantitative estimate of drug-likeness (QED) is 0.189. The van der Waals surface area contributed by atoms with Crippen molar-refractivity contribution >= 4 is 0 Å². The molecule has 89 valence electrons. The van der Waals surface area contributed by atoms with Gasteiger partial charge in [0.2, 0.25) is 0 Å². The fraction of sp³-hybridized carbons (Fsp3) is 1.00. The van der Waals surface area contributed by atoms with Crippen LogP contribution in [-0.2, 0) is 4.74 Å². The number of hydrogen-bond donors (Lipinski definition) is 3. The Kier molecular flexibility index (Phi) is 19.6. The van der Waals surface area contributed by atoms with E-state index in [1.165, 1.54) is 0 Å². The largest absolute Gasteiger partial charge is 0.670 e. The van der Waals surface area contributed by atoms with E-state index in [1.807, 2.05) is 0 Å². The Morgan fingerprint density at radius 2 is 1.76 bits per heavy atom. The second-order valence-corrected chi connectivity index (χ2v) is 2.96. The predicted molar refractivity (Wildman–Crippen MR) is 45.0 cm³/mol. The van der Waals surface area contributed by atoms with Gasteiger partial charge in [-0.1, -0.05) is 11.2 Å². The van der Waals surface area contributed by atoms with Crippen LogP contribution >= 0.6 is 0 Å². The van der Waals surface area contributed by atoms with E-state index in [1.54, 1.807) is 0 Å². The Morgan fingerprint density at radius 3 is 2.18 bits per heavy atom. The van der Waals surface area contributed by atoms with Crippen LogP contribution < -0.4 is 0 Å². The molecular formula is C6H11Ac3N4O4-. The van der Waals surface area contributed by atoms with Crippen LogP contribution in [0.1, 0.15) is 0 Å². The zero-order valence-electron chi connectivity index (χ0n) is 8.92. The van der Waals surface area contributed by atoms with Gasteiger partial charge in [-0.15, -0.1) is 0 Å². The van der Waals surface area contributed by atoms with Crippen molar-refractivity contribution in [3.05, 3.63) is 16.2 Å². The molecule has 0 saturated carbocycles. The molecule has 0 aromatic rings. The van der Waals surface area contributed by atoms with Gasteiger partial charge in [0.25, 0.3) is 0 Å². The van der Waals surface area contributed by atoms with Gasteiger partial charge in [0.15, 0.2) is 0 Å². The monoisotopic (exact) mass is 884 g/mol. The molecule has 17 heavy (non-hydrogen) atoms. The number of rotatable bonds is 2. The van der Waals surface area contributed by atoms with Crippen molar-refractivity contribution in [1.29, 1.82) is 0 Å². The second kappa shape index (κ2) is 13.1. The van der Waals surface area contributed by atoms with Gasteiger partial charge in [0.1, 0.15) is 18.4 Å². The first-order valence-corrected chi connectivity index (χ1v) is 3.99. The first kappa shape index (κ1) is 25.4. The first-order chi connectivity index (χ1) is 6.61. The molecule has 0 aromatic heterocycles. The summed E-state index contributed by atoms with van der Waals surface area (Å²) in [4.78, 5) is 2.44. The Balaban J connectivity index is -0.000000653. The summed E-state index contributed by atoms with van der Waals surface area (Å²) in [6, 6.07) is -1.25. The molecule has 5 atom stereocenters. The minimum atomic E-state index is -1.39. The van der Waals surface area contributed by atoms with Crippen molar-refractivity contribution in [2.24, 2.45) is 5.11 Å². The number of azide groups is 1. The van der Waals surface area contributed by atoms with Crippen LogP contribution in [0.2, 0.25) is 0 Å². The number of ether oxygens (including phenoxy) is 1. The molecule has 11 heteroatoms. The van der Waals surface area contributed by atoms with Gasteiger partial charge < -0.3 is 25.8 Å². The van der Waals surface area contributed by atoms with Crippen molar-refractivity contribution in [1.82, 2.24) is 0 Å². The molecule has 0 aromatic carbocycles. The van der Waals surface area contributed by atoms with E-state index in [0.29, 0.717) is 0 Å². The van der Waals surface area contributed by atoms with E-state index < -0.39 is 37.2 Å². The zero-order valence-corrected chi connectivity index (χ0v) is 23.2. The molecule has 1 aliphatic rings. The van der Waals surface area contributed by atoms with E-state index in [-0.39, 0.29) is 132 Å². The van der Waals surface area contributed by atoms with Crippen LogP contribution in [0.25, 0.3) is 16.2 Å². The number of nitrogens with zero attached hydrogens (tertiary/aromatic N) is 3. The van der Waals surface area contributed by atoms with E-state index in [2.05, 4.69) is 10.0 Å². The van der Waals surface area contributed by atoms with Crippen molar-refractivity contribution in [2.75, 3.05) is 6.61 Å². The summed E-state index contributed by atoms with van der Waals surface area (Å²) < 4.78 is 4.90. The van der Waals surface area contributed by atoms with E-state index >= 15 is 0 Å². The predicted octanol–water partition coefficient (Wildman–Crippen LogP) is -0.844. The average molecular weight is 884 g/mol. The Labute approximate surface area is 206 Å². The fourth-order valence-electron chi connectivity index (χ4n) is 1.25. The molecule has 3 radical (unpaired) electrons. The summed E-state index contributed by atoms with van der Waals surface area (Å²) in [6.45, 7) is -0.512. The molecule has 1 heterocycles.